The van der Waals surface area contributed by atoms with E-state index in [1.165, 1.54) is 5.57 Å². The number of pyridine rings is 1. The van der Waals surface area contributed by atoms with Gasteiger partial charge in [-0.2, -0.15) is 0 Å². The van der Waals surface area contributed by atoms with Gasteiger partial charge in [0.1, 0.15) is 0 Å². The Hall–Kier alpha value is -2.63. The van der Waals surface area contributed by atoms with Gasteiger partial charge in [0, 0.05) is 50.0 Å². The Bertz CT molecular complexity index is 1140. The van der Waals surface area contributed by atoms with Gasteiger partial charge in [-0.05, 0) is 50.6 Å². The highest BCUT2D eigenvalue weighted by Crippen LogP contribution is 2.34. The maximum absolute atomic E-state index is 13.0. The molecule has 6 heteroatoms. The van der Waals surface area contributed by atoms with Crippen molar-refractivity contribution in [3.63, 3.8) is 0 Å². The first-order chi connectivity index (χ1) is 14.9. The molecule has 1 fully saturated rings. The van der Waals surface area contributed by atoms with Crippen molar-refractivity contribution in [2.24, 2.45) is 0 Å². The number of hydrogen-bond donors (Lipinski definition) is 0. The van der Waals surface area contributed by atoms with Crippen molar-refractivity contribution in [3.05, 3.63) is 74.2 Å². The Morgan fingerprint density at radius 3 is 2.61 bits per heavy atom. The van der Waals surface area contributed by atoms with E-state index in [0.29, 0.717) is 36.6 Å². The van der Waals surface area contributed by atoms with Crippen LogP contribution in [0.5, 0.6) is 0 Å². The van der Waals surface area contributed by atoms with Gasteiger partial charge in [-0.1, -0.05) is 41.5 Å². The fourth-order valence-electron chi connectivity index (χ4n) is 4.27. The molecular formula is C25H28ClN3O2. The predicted molar refractivity (Wildman–Crippen MR) is 127 cm³/mol. The molecule has 5 nitrogen and oxygen atoms in total. The molecule has 31 heavy (non-hydrogen) atoms. The van der Waals surface area contributed by atoms with Gasteiger partial charge in [-0.25, -0.2) is 0 Å². The Balaban J connectivity index is 1.72. The zero-order chi connectivity index (χ0) is 22.1. The summed E-state index contributed by atoms with van der Waals surface area (Å²) in [5, 5.41) is 0.445. The number of amides is 1. The lowest BCUT2D eigenvalue weighted by atomic mass is 9.98. The van der Waals surface area contributed by atoms with Crippen LogP contribution in [0.2, 0.25) is 5.02 Å². The zero-order valence-corrected chi connectivity index (χ0v) is 19.1. The lowest BCUT2D eigenvalue weighted by molar-refractivity contribution is 0.0664. The molecule has 0 atom stereocenters. The number of piperazine rings is 1. The Kier molecular flexibility index (Phi) is 6.17. The maximum atomic E-state index is 13.0. The molecule has 1 aromatic heterocycles. The van der Waals surface area contributed by atoms with Crippen LogP contribution in [0.15, 0.2) is 46.9 Å². The first-order valence-corrected chi connectivity index (χ1v) is 11.1. The number of nitrogens with zero attached hydrogens (tertiary/aromatic N) is 3. The normalized spacial score (nSPS) is 16.6. The van der Waals surface area contributed by atoms with E-state index in [-0.39, 0.29) is 11.5 Å². The third-order valence-corrected chi connectivity index (χ3v) is 6.42. The standard InChI is InChI=1S/C25H28ClN3O2/c1-4-5-8-29-16-22(20-13-17(2)14-21(20)25(29)31)18-6-7-19(23(26)15-18)24(30)28-11-9-27(3)10-12-28/h4-7,13,15-16H,8-12,14H2,1-3H3/b5-4+. The molecule has 162 valence electrons. The zero-order valence-electron chi connectivity index (χ0n) is 18.3. The van der Waals surface area contributed by atoms with Gasteiger partial charge in [0.05, 0.1) is 10.6 Å². The molecule has 0 unspecified atom stereocenters. The minimum atomic E-state index is -0.0244. The van der Waals surface area contributed by atoms with Crippen molar-refractivity contribution in [2.75, 3.05) is 33.2 Å². The number of likely N-dealkylation sites (N-methyl/N-ethyl adjacent to an activating group) is 1. The summed E-state index contributed by atoms with van der Waals surface area (Å²) in [7, 11) is 2.06. The van der Waals surface area contributed by atoms with Gasteiger partial charge in [0.2, 0.25) is 0 Å². The van der Waals surface area contributed by atoms with Gasteiger partial charge in [-0.3, -0.25) is 9.59 Å². The molecule has 1 saturated heterocycles. The molecule has 4 rings (SSSR count). The summed E-state index contributed by atoms with van der Waals surface area (Å²) < 4.78 is 1.75. The van der Waals surface area contributed by atoms with E-state index in [9.17, 15) is 9.59 Å². The predicted octanol–water partition coefficient (Wildman–Crippen LogP) is 4.09. The van der Waals surface area contributed by atoms with Gasteiger partial charge in [0.15, 0.2) is 0 Å². The molecule has 0 radical (unpaired) electrons. The van der Waals surface area contributed by atoms with Crippen LogP contribution in [-0.2, 0) is 13.0 Å². The monoisotopic (exact) mass is 437 g/mol. The molecule has 2 aliphatic rings. The fraction of sp³-hybridized carbons (Fsp3) is 0.360. The summed E-state index contributed by atoms with van der Waals surface area (Å²) in [6, 6.07) is 5.61. The van der Waals surface area contributed by atoms with Crippen molar-refractivity contribution in [3.8, 4) is 11.1 Å². The van der Waals surface area contributed by atoms with Crippen molar-refractivity contribution in [1.29, 1.82) is 0 Å². The van der Waals surface area contributed by atoms with E-state index in [1.54, 1.807) is 4.57 Å². The Morgan fingerprint density at radius 2 is 1.94 bits per heavy atom. The lowest BCUT2D eigenvalue weighted by Crippen LogP contribution is -2.47. The molecule has 1 amide bonds. The van der Waals surface area contributed by atoms with Crippen molar-refractivity contribution >= 4 is 23.6 Å². The van der Waals surface area contributed by atoms with E-state index < -0.39 is 0 Å². The second kappa shape index (κ2) is 8.85. The van der Waals surface area contributed by atoms with E-state index in [2.05, 4.69) is 18.0 Å². The first-order valence-electron chi connectivity index (χ1n) is 10.7. The number of halogens is 1. The lowest BCUT2D eigenvalue weighted by Gasteiger charge is -2.32. The number of benzene rings is 1. The van der Waals surface area contributed by atoms with Crippen LogP contribution in [0.4, 0.5) is 0 Å². The van der Waals surface area contributed by atoms with Crippen molar-refractivity contribution in [1.82, 2.24) is 14.4 Å². The molecule has 1 aliphatic carbocycles. The Labute approximate surface area is 188 Å². The summed E-state index contributed by atoms with van der Waals surface area (Å²) >= 11 is 6.60. The summed E-state index contributed by atoms with van der Waals surface area (Å²) in [6.45, 7) is 7.68. The summed E-state index contributed by atoms with van der Waals surface area (Å²) in [5.74, 6) is -0.0244. The molecule has 1 aliphatic heterocycles. The third-order valence-electron chi connectivity index (χ3n) is 6.10. The number of rotatable bonds is 4. The highest BCUT2D eigenvalue weighted by molar-refractivity contribution is 6.34. The van der Waals surface area contributed by atoms with Gasteiger partial charge < -0.3 is 14.4 Å². The van der Waals surface area contributed by atoms with Crippen LogP contribution in [0.25, 0.3) is 17.2 Å². The van der Waals surface area contributed by atoms with E-state index in [4.69, 9.17) is 11.6 Å². The minimum Gasteiger partial charge on any atom is -0.336 e. The number of allylic oxidation sites excluding steroid dienone is 3. The fourth-order valence-corrected chi connectivity index (χ4v) is 4.53. The maximum Gasteiger partial charge on any atom is 0.255 e. The average Bonchev–Trinajstić information content (AvgIpc) is 3.15. The van der Waals surface area contributed by atoms with Crippen molar-refractivity contribution < 1.29 is 4.79 Å². The molecule has 1 aromatic carbocycles. The van der Waals surface area contributed by atoms with Crippen LogP contribution >= 0.6 is 11.6 Å². The molecule has 0 N–H and O–H groups in total. The second-order valence-corrected chi connectivity index (χ2v) is 8.83. The molecule has 2 heterocycles. The van der Waals surface area contributed by atoms with Crippen LogP contribution in [0, 0.1) is 0 Å². The van der Waals surface area contributed by atoms with E-state index >= 15 is 0 Å². The van der Waals surface area contributed by atoms with E-state index in [1.807, 2.05) is 55.3 Å². The molecule has 0 saturated carbocycles. The molecular weight excluding hydrogens is 410 g/mol. The van der Waals surface area contributed by atoms with Gasteiger partial charge in [0.25, 0.3) is 11.5 Å². The quantitative estimate of drug-likeness (QED) is 0.677. The number of fused-ring (bicyclic) bond motifs is 1. The van der Waals surface area contributed by atoms with Crippen LogP contribution in [0.3, 0.4) is 0 Å². The molecule has 0 spiro atoms. The minimum absolute atomic E-state index is 0.0244. The van der Waals surface area contributed by atoms with Crippen molar-refractivity contribution in [2.45, 2.75) is 26.8 Å². The van der Waals surface area contributed by atoms with Crippen LogP contribution in [-0.4, -0.2) is 53.5 Å². The third kappa shape index (κ3) is 4.25. The Morgan fingerprint density at radius 1 is 1.19 bits per heavy atom. The van der Waals surface area contributed by atoms with Gasteiger partial charge >= 0.3 is 0 Å². The SMILES string of the molecule is C/C=C/Cn1cc(-c2ccc(C(=O)N3CCN(C)CC3)c(Cl)c2)c2c(c1=O)CC(C)=C2. The number of hydrogen-bond acceptors (Lipinski definition) is 3. The number of carbonyl (C=O) groups excluding carboxylic acids is 1. The van der Waals surface area contributed by atoms with Gasteiger partial charge in [-0.15, -0.1) is 0 Å². The van der Waals surface area contributed by atoms with E-state index in [0.717, 1.165) is 35.3 Å². The first kappa shape index (κ1) is 21.6. The van der Waals surface area contributed by atoms with Crippen LogP contribution < -0.4 is 5.56 Å². The highest BCUT2D eigenvalue weighted by atomic mass is 35.5. The second-order valence-electron chi connectivity index (χ2n) is 8.42. The molecule has 0 bridgehead atoms. The summed E-state index contributed by atoms with van der Waals surface area (Å²) in [4.78, 5) is 30.0. The number of aromatic nitrogens is 1. The topological polar surface area (TPSA) is 45.6 Å². The largest absolute Gasteiger partial charge is 0.336 e. The smallest absolute Gasteiger partial charge is 0.255 e. The summed E-state index contributed by atoms with van der Waals surface area (Å²) in [5.41, 5.74) is 5.43. The number of carbonyl (C=O) groups is 1. The van der Waals surface area contributed by atoms with Crippen LogP contribution in [0.1, 0.15) is 35.3 Å². The highest BCUT2D eigenvalue weighted by Gasteiger charge is 2.24. The average molecular weight is 438 g/mol. The molecule has 2 aromatic rings. The summed E-state index contributed by atoms with van der Waals surface area (Å²) in [6.07, 6.45) is 8.58.